The molecule has 168 valence electrons. The Bertz CT molecular complexity index is 1130. The van der Waals surface area contributed by atoms with E-state index in [2.05, 4.69) is 29.8 Å². The lowest BCUT2D eigenvalue weighted by Crippen LogP contribution is -2.36. The van der Waals surface area contributed by atoms with Crippen LogP contribution >= 0.6 is 11.6 Å². The van der Waals surface area contributed by atoms with E-state index in [1.807, 2.05) is 89.8 Å². The predicted octanol–water partition coefficient (Wildman–Crippen LogP) is 6.76. The first-order valence-electron chi connectivity index (χ1n) is 11.4. The third-order valence-electron chi connectivity index (χ3n) is 5.84. The smallest absolute Gasteiger partial charge is 0.234 e. The summed E-state index contributed by atoms with van der Waals surface area (Å²) in [6.45, 7) is 4.11. The van der Waals surface area contributed by atoms with Gasteiger partial charge in [0.1, 0.15) is 0 Å². The van der Waals surface area contributed by atoms with E-state index in [4.69, 9.17) is 11.6 Å². The van der Waals surface area contributed by atoms with Gasteiger partial charge in [-0.05, 0) is 47.4 Å². The van der Waals surface area contributed by atoms with Crippen LogP contribution in [0.15, 0.2) is 103 Å². The Morgan fingerprint density at radius 1 is 0.879 bits per heavy atom. The van der Waals surface area contributed by atoms with Crippen LogP contribution in [0.1, 0.15) is 41.6 Å². The molecule has 0 aliphatic rings. The van der Waals surface area contributed by atoms with E-state index in [1.165, 1.54) is 0 Å². The maximum Gasteiger partial charge on any atom is 0.234 e. The van der Waals surface area contributed by atoms with Crippen molar-refractivity contribution in [2.24, 2.45) is 0 Å². The summed E-state index contributed by atoms with van der Waals surface area (Å²) < 4.78 is 2.20. The fraction of sp³-hybridized carbons (Fsp3) is 0.207. The van der Waals surface area contributed by atoms with Crippen LogP contribution in [-0.4, -0.2) is 21.9 Å². The zero-order chi connectivity index (χ0) is 23.0. The summed E-state index contributed by atoms with van der Waals surface area (Å²) in [6.07, 6.45) is 2.97. The Balaban J connectivity index is 1.62. The van der Waals surface area contributed by atoms with E-state index < -0.39 is 0 Å². The molecule has 0 spiro atoms. The zero-order valence-electron chi connectivity index (χ0n) is 18.9. The topological polar surface area (TPSA) is 25.2 Å². The highest BCUT2D eigenvalue weighted by Crippen LogP contribution is 2.28. The van der Waals surface area contributed by atoms with Gasteiger partial charge in [-0.1, -0.05) is 91.3 Å². The largest absolute Gasteiger partial charge is 0.345 e. The molecule has 0 aliphatic heterocycles. The van der Waals surface area contributed by atoms with Gasteiger partial charge in [0.15, 0.2) is 0 Å². The maximum atomic E-state index is 14.0. The molecule has 0 saturated heterocycles. The van der Waals surface area contributed by atoms with Crippen molar-refractivity contribution >= 4 is 17.5 Å². The number of aromatic nitrogens is 1. The van der Waals surface area contributed by atoms with Crippen LogP contribution < -0.4 is 0 Å². The van der Waals surface area contributed by atoms with Gasteiger partial charge in [-0.25, -0.2) is 0 Å². The molecule has 0 aliphatic carbocycles. The average Bonchev–Trinajstić information content (AvgIpc) is 3.27. The molecule has 1 heterocycles. The van der Waals surface area contributed by atoms with Gasteiger partial charge < -0.3 is 9.47 Å². The maximum absolute atomic E-state index is 14.0. The highest BCUT2D eigenvalue weighted by molar-refractivity contribution is 6.30. The van der Waals surface area contributed by atoms with Crippen molar-refractivity contribution in [3.05, 3.63) is 131 Å². The van der Waals surface area contributed by atoms with Crippen LogP contribution in [0.25, 0.3) is 0 Å². The van der Waals surface area contributed by atoms with Gasteiger partial charge in [0.25, 0.3) is 0 Å². The Morgan fingerprint density at radius 2 is 1.55 bits per heavy atom. The van der Waals surface area contributed by atoms with Gasteiger partial charge in [0.05, 0.1) is 12.5 Å². The first-order valence-corrected chi connectivity index (χ1v) is 11.8. The number of amides is 1. The van der Waals surface area contributed by atoms with Crippen molar-refractivity contribution in [3.8, 4) is 0 Å². The van der Waals surface area contributed by atoms with Crippen molar-refractivity contribution in [2.45, 2.75) is 32.4 Å². The van der Waals surface area contributed by atoms with Gasteiger partial charge in [-0.3, -0.25) is 4.79 Å². The fourth-order valence-corrected chi connectivity index (χ4v) is 4.48. The number of hydrogen-bond donors (Lipinski definition) is 0. The summed E-state index contributed by atoms with van der Waals surface area (Å²) >= 11 is 6.18. The Kier molecular flexibility index (Phi) is 7.64. The van der Waals surface area contributed by atoms with Crippen LogP contribution in [0.4, 0.5) is 0 Å². The van der Waals surface area contributed by atoms with E-state index in [9.17, 15) is 4.79 Å². The minimum Gasteiger partial charge on any atom is -0.345 e. The number of hydrogen-bond acceptors (Lipinski definition) is 1. The van der Waals surface area contributed by atoms with Crippen molar-refractivity contribution < 1.29 is 4.79 Å². The normalized spacial score (nSPS) is 11.0. The van der Waals surface area contributed by atoms with E-state index >= 15 is 0 Å². The van der Waals surface area contributed by atoms with E-state index in [0.29, 0.717) is 13.1 Å². The molecule has 0 bridgehead atoms. The van der Waals surface area contributed by atoms with Crippen molar-refractivity contribution in [2.75, 3.05) is 6.54 Å². The summed E-state index contributed by atoms with van der Waals surface area (Å²) in [5.74, 6) is -0.194. The molecular weight excluding hydrogens is 428 g/mol. The highest BCUT2D eigenvalue weighted by Gasteiger charge is 2.27. The second kappa shape index (κ2) is 11.0. The molecule has 4 aromatic rings. The highest BCUT2D eigenvalue weighted by atomic mass is 35.5. The van der Waals surface area contributed by atoms with Crippen LogP contribution in [0.3, 0.4) is 0 Å². The number of carbonyl (C=O) groups excluding carboxylic acids is 1. The number of halogens is 1. The van der Waals surface area contributed by atoms with Crippen molar-refractivity contribution in [1.29, 1.82) is 0 Å². The Labute approximate surface area is 201 Å². The summed E-state index contributed by atoms with van der Waals surface area (Å²) in [6, 6.07) is 32.2. The molecule has 0 unspecified atom stereocenters. The second-order valence-electron chi connectivity index (χ2n) is 8.27. The monoisotopic (exact) mass is 456 g/mol. The van der Waals surface area contributed by atoms with Crippen molar-refractivity contribution in [3.63, 3.8) is 0 Å². The molecule has 4 rings (SSSR count). The summed E-state index contributed by atoms with van der Waals surface area (Å²) in [4.78, 5) is 16.0. The van der Waals surface area contributed by atoms with Gasteiger partial charge >= 0.3 is 0 Å². The summed E-state index contributed by atoms with van der Waals surface area (Å²) in [7, 11) is 0. The summed E-state index contributed by atoms with van der Waals surface area (Å²) in [5, 5.41) is 0.734. The first kappa shape index (κ1) is 22.9. The molecule has 0 N–H and O–H groups in total. The molecule has 0 fully saturated rings. The van der Waals surface area contributed by atoms with Gasteiger partial charge in [0.2, 0.25) is 5.91 Å². The van der Waals surface area contributed by atoms with Crippen LogP contribution in [-0.2, 0) is 17.9 Å². The Morgan fingerprint density at radius 3 is 2.15 bits per heavy atom. The molecule has 1 aromatic heterocycles. The standard InChI is InChI=1S/C29H29ClN2O/c1-2-18-32(22-27-17-10-19-31(27)21-23-11-9-16-26(30)20-23)29(33)28(24-12-5-3-6-13-24)25-14-7-4-8-15-25/h3-17,19-20,28H,2,18,21-22H2,1H3. The average molecular weight is 457 g/mol. The minimum atomic E-state index is -0.324. The molecule has 4 heteroatoms. The third kappa shape index (κ3) is 5.74. The second-order valence-corrected chi connectivity index (χ2v) is 8.71. The Hall–Kier alpha value is -3.30. The predicted molar refractivity (Wildman–Crippen MR) is 135 cm³/mol. The number of carbonyl (C=O) groups is 1. The van der Waals surface area contributed by atoms with Crippen LogP contribution in [0.5, 0.6) is 0 Å². The lowest BCUT2D eigenvalue weighted by atomic mass is 9.90. The molecule has 0 saturated carbocycles. The quantitative estimate of drug-likeness (QED) is 0.273. The molecule has 0 radical (unpaired) electrons. The molecule has 3 aromatic carbocycles. The SMILES string of the molecule is CCCN(Cc1cccn1Cc1cccc(Cl)c1)C(=O)C(c1ccccc1)c1ccccc1. The minimum absolute atomic E-state index is 0.129. The third-order valence-corrected chi connectivity index (χ3v) is 6.07. The molecular formula is C29H29ClN2O. The van der Waals surface area contributed by atoms with Gasteiger partial charge in [-0.15, -0.1) is 0 Å². The fourth-order valence-electron chi connectivity index (χ4n) is 4.26. The number of rotatable bonds is 9. The van der Waals surface area contributed by atoms with Gasteiger partial charge in [0, 0.05) is 30.0 Å². The summed E-state index contributed by atoms with van der Waals surface area (Å²) in [5.41, 5.74) is 4.28. The first-order chi connectivity index (χ1) is 16.2. The van der Waals surface area contributed by atoms with Crippen molar-refractivity contribution in [1.82, 2.24) is 9.47 Å². The molecule has 1 amide bonds. The van der Waals surface area contributed by atoms with Crippen LogP contribution in [0, 0.1) is 0 Å². The number of nitrogens with zero attached hydrogens (tertiary/aromatic N) is 2. The number of benzene rings is 3. The lowest BCUT2D eigenvalue weighted by Gasteiger charge is -2.28. The van der Waals surface area contributed by atoms with E-state index in [1.54, 1.807) is 0 Å². The molecule has 33 heavy (non-hydrogen) atoms. The molecule has 0 atom stereocenters. The molecule has 3 nitrogen and oxygen atoms in total. The zero-order valence-corrected chi connectivity index (χ0v) is 19.7. The van der Waals surface area contributed by atoms with Gasteiger partial charge in [-0.2, -0.15) is 0 Å². The lowest BCUT2D eigenvalue weighted by molar-refractivity contribution is -0.132. The van der Waals surface area contributed by atoms with E-state index in [-0.39, 0.29) is 11.8 Å². The van der Waals surface area contributed by atoms with E-state index in [0.717, 1.165) is 40.4 Å². The van der Waals surface area contributed by atoms with Crippen LogP contribution in [0.2, 0.25) is 5.02 Å².